The summed E-state index contributed by atoms with van der Waals surface area (Å²) in [5.74, 6) is -1.33. The summed E-state index contributed by atoms with van der Waals surface area (Å²) in [7, 11) is -7.88. The number of carboxylic acid groups (broad SMARTS) is 1. The van der Waals surface area contributed by atoms with Gasteiger partial charge in [0.1, 0.15) is 34.2 Å². The minimum absolute atomic E-state index is 0.0129. The third kappa shape index (κ3) is 5.96. The molecule has 1 fully saturated rings. The van der Waals surface area contributed by atoms with Crippen LogP contribution in [0.5, 0.6) is 11.5 Å². The molecule has 210 valence electrons. The summed E-state index contributed by atoms with van der Waals surface area (Å²) in [5.41, 5.74) is 1.28. The molecule has 1 aliphatic rings. The molecule has 0 aliphatic heterocycles. The number of sulfonamides is 2. The molecule has 1 saturated carbocycles. The van der Waals surface area contributed by atoms with Crippen molar-refractivity contribution in [2.24, 2.45) is 5.14 Å². The number of furan rings is 1. The number of halogens is 1. The standard InChI is InChI=1S/C27H25FN2O8S2/c1-39(33,34)30(12-13-40(29,35)36)23-15-24-22(14-21(23)16-2-3-16)25(27(31)32)26(38-24)17-4-8-19(9-5-17)37-20-10-6-18(28)7-11-20/h4-11,14-16H,2-3,12-13H2,1H3,(H,31,32)(H2,29,35,36). The maximum Gasteiger partial charge on any atom is 0.340 e. The molecule has 0 spiro atoms. The number of nitrogens with zero attached hydrogens (tertiary/aromatic N) is 1. The summed E-state index contributed by atoms with van der Waals surface area (Å²) in [5, 5.41) is 15.5. The lowest BCUT2D eigenvalue weighted by Gasteiger charge is -2.24. The van der Waals surface area contributed by atoms with Crippen LogP contribution in [0.4, 0.5) is 10.1 Å². The van der Waals surface area contributed by atoms with Crippen molar-refractivity contribution in [1.29, 1.82) is 0 Å². The topological polar surface area (TPSA) is 157 Å². The van der Waals surface area contributed by atoms with Crippen LogP contribution in [0.1, 0.15) is 34.7 Å². The van der Waals surface area contributed by atoms with Crippen molar-refractivity contribution >= 4 is 42.7 Å². The van der Waals surface area contributed by atoms with Crippen molar-refractivity contribution in [3.8, 4) is 22.8 Å². The number of nitrogens with two attached hydrogens (primary N) is 1. The van der Waals surface area contributed by atoms with Gasteiger partial charge in [-0.2, -0.15) is 0 Å². The number of fused-ring (bicyclic) bond motifs is 1. The minimum atomic E-state index is -3.96. The summed E-state index contributed by atoms with van der Waals surface area (Å²) < 4.78 is 74.4. The van der Waals surface area contributed by atoms with Crippen LogP contribution in [0.2, 0.25) is 0 Å². The predicted octanol–water partition coefficient (Wildman–Crippen LogP) is 4.66. The summed E-state index contributed by atoms with van der Waals surface area (Å²) in [4.78, 5) is 12.4. The summed E-state index contributed by atoms with van der Waals surface area (Å²) in [6, 6.07) is 15.0. The molecule has 40 heavy (non-hydrogen) atoms. The van der Waals surface area contributed by atoms with Crippen LogP contribution >= 0.6 is 0 Å². The quantitative estimate of drug-likeness (QED) is 0.271. The van der Waals surface area contributed by atoms with E-state index in [4.69, 9.17) is 14.3 Å². The summed E-state index contributed by atoms with van der Waals surface area (Å²) >= 11 is 0. The second-order valence-corrected chi connectivity index (χ2v) is 13.2. The lowest BCUT2D eigenvalue weighted by molar-refractivity contribution is 0.0699. The Kier molecular flexibility index (Phi) is 7.06. The Morgan fingerprint density at radius 3 is 2.17 bits per heavy atom. The van der Waals surface area contributed by atoms with Gasteiger partial charge in [0.05, 0.1) is 17.7 Å². The van der Waals surface area contributed by atoms with E-state index in [2.05, 4.69) is 0 Å². The highest BCUT2D eigenvalue weighted by molar-refractivity contribution is 7.92. The number of hydrogen-bond acceptors (Lipinski definition) is 7. The van der Waals surface area contributed by atoms with Crippen LogP contribution in [0, 0.1) is 5.82 Å². The molecule has 0 bridgehead atoms. The van der Waals surface area contributed by atoms with Crippen molar-refractivity contribution in [2.75, 3.05) is 22.9 Å². The maximum absolute atomic E-state index is 13.2. The van der Waals surface area contributed by atoms with E-state index in [1.165, 1.54) is 30.3 Å². The Hall–Kier alpha value is -3.94. The molecule has 5 rings (SSSR count). The van der Waals surface area contributed by atoms with E-state index in [1.807, 2.05) is 0 Å². The first kappa shape index (κ1) is 27.6. The van der Waals surface area contributed by atoms with Gasteiger partial charge in [-0.1, -0.05) is 0 Å². The molecule has 1 aromatic heterocycles. The highest BCUT2D eigenvalue weighted by atomic mass is 32.2. The summed E-state index contributed by atoms with van der Waals surface area (Å²) in [6.45, 7) is -0.405. The summed E-state index contributed by atoms with van der Waals surface area (Å²) in [6.07, 6.45) is 2.50. The molecule has 13 heteroatoms. The molecule has 10 nitrogen and oxygen atoms in total. The van der Waals surface area contributed by atoms with Crippen LogP contribution < -0.4 is 14.2 Å². The molecule has 0 amide bonds. The molecule has 1 heterocycles. The monoisotopic (exact) mass is 588 g/mol. The number of carboxylic acids is 1. The van der Waals surface area contributed by atoms with Gasteiger partial charge in [-0.3, -0.25) is 4.31 Å². The Labute approximate surface area is 229 Å². The Morgan fingerprint density at radius 2 is 1.65 bits per heavy atom. The number of benzene rings is 3. The molecular formula is C27H25FN2O8S2. The van der Waals surface area contributed by atoms with Gasteiger partial charge in [-0.15, -0.1) is 0 Å². The first-order chi connectivity index (χ1) is 18.8. The van der Waals surface area contributed by atoms with E-state index in [1.54, 1.807) is 30.3 Å². The number of ether oxygens (including phenoxy) is 1. The van der Waals surface area contributed by atoms with Crippen LogP contribution in [0.3, 0.4) is 0 Å². The minimum Gasteiger partial charge on any atom is -0.478 e. The van der Waals surface area contributed by atoms with Crippen LogP contribution in [-0.2, 0) is 20.0 Å². The molecular weight excluding hydrogens is 563 g/mol. The highest BCUT2D eigenvalue weighted by Gasteiger charge is 2.33. The van der Waals surface area contributed by atoms with Gasteiger partial charge in [0.2, 0.25) is 20.0 Å². The van der Waals surface area contributed by atoms with E-state index in [-0.39, 0.29) is 28.5 Å². The van der Waals surface area contributed by atoms with Gasteiger partial charge in [-0.25, -0.2) is 31.2 Å². The first-order valence-electron chi connectivity index (χ1n) is 12.2. The number of carbonyl (C=O) groups is 1. The van der Waals surface area contributed by atoms with Crippen LogP contribution in [-0.4, -0.2) is 46.5 Å². The fourth-order valence-corrected chi connectivity index (χ4v) is 5.98. The number of anilines is 1. The predicted molar refractivity (Wildman–Crippen MR) is 147 cm³/mol. The number of aromatic carboxylic acids is 1. The van der Waals surface area contributed by atoms with Crippen molar-refractivity contribution in [1.82, 2.24) is 0 Å². The molecule has 4 aromatic rings. The SMILES string of the molecule is CS(=O)(=O)N(CCS(N)(=O)=O)c1cc2oc(-c3ccc(Oc4ccc(F)cc4)cc3)c(C(=O)O)c2cc1C1CC1. The average molecular weight is 589 g/mol. The van der Waals surface area contributed by atoms with E-state index in [0.717, 1.165) is 23.4 Å². The zero-order valence-electron chi connectivity index (χ0n) is 21.2. The van der Waals surface area contributed by atoms with Gasteiger partial charge < -0.3 is 14.3 Å². The fourth-order valence-electron chi connectivity index (χ4n) is 4.49. The van der Waals surface area contributed by atoms with Crippen LogP contribution in [0.15, 0.2) is 65.1 Å². The molecule has 0 radical (unpaired) electrons. The molecule has 1 aliphatic carbocycles. The number of hydrogen-bond donors (Lipinski definition) is 2. The first-order valence-corrected chi connectivity index (χ1v) is 15.7. The van der Waals surface area contributed by atoms with Crippen molar-refractivity contribution in [3.63, 3.8) is 0 Å². The normalized spacial score (nSPS) is 13.9. The third-order valence-electron chi connectivity index (χ3n) is 6.48. The number of rotatable bonds is 10. The maximum atomic E-state index is 13.2. The Morgan fingerprint density at radius 1 is 1.05 bits per heavy atom. The van der Waals surface area contributed by atoms with Crippen molar-refractivity contribution in [3.05, 3.63) is 77.6 Å². The van der Waals surface area contributed by atoms with Gasteiger partial charge >= 0.3 is 5.97 Å². The molecule has 0 saturated heterocycles. The van der Waals surface area contributed by atoms with E-state index >= 15 is 0 Å². The van der Waals surface area contributed by atoms with Gasteiger partial charge in [0.25, 0.3) is 0 Å². The highest BCUT2D eigenvalue weighted by Crippen LogP contribution is 2.48. The third-order valence-corrected chi connectivity index (χ3v) is 8.41. The largest absolute Gasteiger partial charge is 0.478 e. The van der Waals surface area contributed by atoms with Crippen molar-refractivity contribution in [2.45, 2.75) is 18.8 Å². The Bertz CT molecular complexity index is 1810. The second-order valence-electron chi connectivity index (χ2n) is 9.58. The van der Waals surface area contributed by atoms with Gasteiger partial charge in [0.15, 0.2) is 0 Å². The fraction of sp³-hybridized carbons (Fsp3) is 0.222. The average Bonchev–Trinajstić information content (AvgIpc) is 3.64. The lowest BCUT2D eigenvalue weighted by Crippen LogP contribution is -2.36. The molecule has 3 N–H and O–H groups in total. The smallest absolute Gasteiger partial charge is 0.340 e. The lowest BCUT2D eigenvalue weighted by atomic mass is 10.0. The Balaban J connectivity index is 1.58. The zero-order valence-corrected chi connectivity index (χ0v) is 22.8. The molecule has 3 aromatic carbocycles. The second kappa shape index (κ2) is 10.2. The zero-order chi connectivity index (χ0) is 28.8. The van der Waals surface area contributed by atoms with Crippen molar-refractivity contribution < 1.29 is 40.3 Å². The van der Waals surface area contributed by atoms with E-state index < -0.39 is 44.1 Å². The van der Waals surface area contributed by atoms with Gasteiger partial charge in [0, 0.05) is 23.6 Å². The van der Waals surface area contributed by atoms with Gasteiger partial charge in [-0.05, 0) is 78.9 Å². The van der Waals surface area contributed by atoms with Crippen LogP contribution in [0.25, 0.3) is 22.3 Å². The molecule has 0 unspecified atom stereocenters. The van der Waals surface area contributed by atoms with E-state index in [9.17, 15) is 31.1 Å². The van der Waals surface area contributed by atoms with E-state index in [0.29, 0.717) is 28.0 Å². The number of primary sulfonamides is 1. The molecule has 0 atom stereocenters.